The van der Waals surface area contributed by atoms with E-state index in [0.717, 1.165) is 0 Å². The lowest BCUT2D eigenvalue weighted by Crippen LogP contribution is -2.42. The van der Waals surface area contributed by atoms with E-state index in [1.165, 1.54) is 48.7 Å². The molecule has 0 bridgehead atoms. The van der Waals surface area contributed by atoms with Gasteiger partial charge in [-0.1, -0.05) is 12.1 Å². The Morgan fingerprint density at radius 1 is 1.16 bits per heavy atom. The first-order valence-corrected chi connectivity index (χ1v) is 11.7. The van der Waals surface area contributed by atoms with E-state index in [1.54, 1.807) is 12.1 Å². The van der Waals surface area contributed by atoms with Gasteiger partial charge in [-0.15, -0.1) is 0 Å². The Kier molecular flexibility index (Phi) is 7.47. The number of esters is 1. The summed E-state index contributed by atoms with van der Waals surface area (Å²) in [5.41, 5.74) is 0.438. The lowest BCUT2D eigenvalue weighted by Gasteiger charge is -2.30. The highest BCUT2D eigenvalue weighted by Gasteiger charge is 2.34. The van der Waals surface area contributed by atoms with Crippen LogP contribution in [0.2, 0.25) is 0 Å². The highest BCUT2D eigenvalue weighted by Crippen LogP contribution is 2.25. The number of piperidine rings is 1. The van der Waals surface area contributed by atoms with E-state index < -0.39 is 33.9 Å². The van der Waals surface area contributed by atoms with E-state index >= 15 is 0 Å². The Hall–Kier alpha value is -2.98. The van der Waals surface area contributed by atoms with Crippen molar-refractivity contribution in [2.24, 2.45) is 5.92 Å². The van der Waals surface area contributed by atoms with Gasteiger partial charge in [0.05, 0.1) is 23.6 Å². The zero-order valence-corrected chi connectivity index (χ0v) is 18.8. The summed E-state index contributed by atoms with van der Waals surface area (Å²) in [5, 5.41) is 2.63. The molecule has 0 saturated carbocycles. The monoisotopic (exact) mass is 462 g/mol. The van der Waals surface area contributed by atoms with Gasteiger partial charge in [-0.05, 0) is 51.0 Å². The molecule has 32 heavy (non-hydrogen) atoms. The van der Waals surface area contributed by atoms with Crippen LogP contribution in [-0.2, 0) is 30.9 Å². The number of Topliss-reactive ketones (excluding diaryl/α,β-unsaturated/α-hetero) is 1. The average molecular weight is 463 g/mol. The molecular weight excluding hydrogens is 436 g/mol. The number of hydrogen-bond donors (Lipinski definition) is 1. The van der Waals surface area contributed by atoms with E-state index in [1.807, 2.05) is 0 Å². The largest absolute Gasteiger partial charge is 0.467 e. The number of ketones is 1. The number of rotatable bonds is 8. The first-order valence-electron chi connectivity index (χ1n) is 10.3. The second-order valence-electron chi connectivity index (χ2n) is 7.64. The smallest absolute Gasteiger partial charge is 0.309 e. The molecule has 1 saturated heterocycles. The quantitative estimate of drug-likeness (QED) is 0.471. The fourth-order valence-corrected chi connectivity index (χ4v) is 4.87. The van der Waals surface area contributed by atoms with Crippen molar-refractivity contribution in [3.05, 3.63) is 54.0 Å². The molecule has 9 nitrogen and oxygen atoms in total. The van der Waals surface area contributed by atoms with Crippen molar-refractivity contribution < 1.29 is 32.0 Å². The summed E-state index contributed by atoms with van der Waals surface area (Å²) in [6.45, 7) is 3.42. The molecule has 10 heteroatoms. The predicted octanol–water partition coefficient (Wildman–Crippen LogP) is 2.13. The Labute approximate surface area is 186 Å². The fraction of sp³-hybridized carbons (Fsp3) is 0.409. The van der Waals surface area contributed by atoms with Crippen LogP contribution in [-0.4, -0.2) is 49.6 Å². The molecule has 1 atom stereocenters. The first kappa shape index (κ1) is 23.7. The van der Waals surface area contributed by atoms with Crippen molar-refractivity contribution in [1.82, 2.24) is 9.62 Å². The van der Waals surface area contributed by atoms with Crippen LogP contribution < -0.4 is 5.32 Å². The number of nitrogens with one attached hydrogen (secondary N) is 1. The highest BCUT2D eigenvalue weighted by molar-refractivity contribution is 7.89. The van der Waals surface area contributed by atoms with E-state index in [-0.39, 0.29) is 30.3 Å². The minimum atomic E-state index is -3.72. The van der Waals surface area contributed by atoms with Gasteiger partial charge in [0.1, 0.15) is 5.76 Å². The van der Waals surface area contributed by atoms with Crippen LogP contribution in [0.4, 0.5) is 0 Å². The van der Waals surface area contributed by atoms with Crippen molar-refractivity contribution in [3.63, 3.8) is 0 Å². The fourth-order valence-electron chi connectivity index (χ4n) is 3.40. The van der Waals surface area contributed by atoms with E-state index in [4.69, 9.17) is 9.15 Å². The zero-order chi connectivity index (χ0) is 23.3. The standard InChI is InChI=1S/C22H26N2O7S/c1-15(25)17-5-7-20(8-6-17)32(28,29)24-11-9-18(10-12-24)22(27)31-16(2)21(26)23-14-19-4-3-13-30-19/h3-8,13,16,18H,9-12,14H2,1-2H3,(H,23,26)/t16-/m1/s1. The van der Waals surface area contributed by atoms with E-state index in [2.05, 4.69) is 5.32 Å². The van der Waals surface area contributed by atoms with Crippen molar-refractivity contribution in [1.29, 1.82) is 0 Å². The molecule has 1 aromatic carbocycles. The van der Waals surface area contributed by atoms with E-state index in [0.29, 0.717) is 24.2 Å². The Balaban J connectivity index is 1.50. The van der Waals surface area contributed by atoms with Gasteiger partial charge < -0.3 is 14.5 Å². The number of amides is 1. The molecule has 0 radical (unpaired) electrons. The third kappa shape index (κ3) is 5.63. The molecule has 1 aliphatic heterocycles. The van der Waals surface area contributed by atoms with Crippen molar-refractivity contribution in [2.45, 2.75) is 44.2 Å². The molecular formula is C22H26N2O7S. The number of carbonyl (C=O) groups excluding carboxylic acids is 3. The predicted molar refractivity (Wildman–Crippen MR) is 114 cm³/mol. The van der Waals surface area contributed by atoms with Gasteiger partial charge in [-0.3, -0.25) is 14.4 Å². The molecule has 0 spiro atoms. The summed E-state index contributed by atoms with van der Waals surface area (Å²) in [6.07, 6.45) is 1.12. The molecule has 1 fully saturated rings. The van der Waals surface area contributed by atoms with Crippen LogP contribution in [0.5, 0.6) is 0 Å². The van der Waals surface area contributed by atoms with Crippen LogP contribution in [0.15, 0.2) is 52.0 Å². The number of sulfonamides is 1. The van der Waals surface area contributed by atoms with Gasteiger partial charge in [0, 0.05) is 18.7 Å². The van der Waals surface area contributed by atoms with Crippen LogP contribution in [0.1, 0.15) is 42.8 Å². The van der Waals surface area contributed by atoms with Gasteiger partial charge in [0.25, 0.3) is 5.91 Å². The molecule has 2 heterocycles. The Morgan fingerprint density at radius 2 is 1.81 bits per heavy atom. The number of hydrogen-bond acceptors (Lipinski definition) is 7. The summed E-state index contributed by atoms with van der Waals surface area (Å²) in [5.74, 6) is -1.00. The minimum Gasteiger partial charge on any atom is -0.467 e. The summed E-state index contributed by atoms with van der Waals surface area (Å²) < 4.78 is 37.4. The number of furan rings is 1. The summed E-state index contributed by atoms with van der Waals surface area (Å²) in [4.78, 5) is 36.1. The Bertz CT molecular complexity index is 1050. The maximum atomic E-state index is 12.8. The molecule has 1 amide bonds. The molecule has 1 N–H and O–H groups in total. The van der Waals surface area contributed by atoms with Crippen LogP contribution in [0, 0.1) is 5.92 Å². The summed E-state index contributed by atoms with van der Waals surface area (Å²) in [7, 11) is -3.72. The molecule has 1 aromatic heterocycles. The minimum absolute atomic E-state index is 0.102. The lowest BCUT2D eigenvalue weighted by molar-refractivity contribution is -0.159. The van der Waals surface area contributed by atoms with Crippen LogP contribution in [0.25, 0.3) is 0 Å². The van der Waals surface area contributed by atoms with Crippen molar-refractivity contribution in [3.8, 4) is 0 Å². The number of carbonyl (C=O) groups is 3. The zero-order valence-electron chi connectivity index (χ0n) is 17.9. The maximum absolute atomic E-state index is 12.8. The second-order valence-corrected chi connectivity index (χ2v) is 9.57. The van der Waals surface area contributed by atoms with Crippen LogP contribution >= 0.6 is 0 Å². The second kappa shape index (κ2) is 10.1. The van der Waals surface area contributed by atoms with Gasteiger partial charge in [-0.25, -0.2) is 8.42 Å². The molecule has 1 aliphatic rings. The van der Waals surface area contributed by atoms with E-state index in [9.17, 15) is 22.8 Å². The van der Waals surface area contributed by atoms with Gasteiger partial charge >= 0.3 is 5.97 Å². The van der Waals surface area contributed by atoms with Crippen molar-refractivity contribution >= 4 is 27.7 Å². The summed E-state index contributed by atoms with van der Waals surface area (Å²) in [6, 6.07) is 9.22. The molecule has 3 rings (SSSR count). The average Bonchev–Trinajstić information content (AvgIpc) is 3.31. The highest BCUT2D eigenvalue weighted by atomic mass is 32.2. The lowest BCUT2D eigenvalue weighted by atomic mass is 9.98. The number of benzene rings is 1. The molecule has 2 aromatic rings. The van der Waals surface area contributed by atoms with Crippen LogP contribution in [0.3, 0.4) is 0 Å². The molecule has 0 unspecified atom stereocenters. The Morgan fingerprint density at radius 3 is 2.38 bits per heavy atom. The topological polar surface area (TPSA) is 123 Å². The molecule has 172 valence electrons. The number of nitrogens with zero attached hydrogens (tertiary/aromatic N) is 1. The summed E-state index contributed by atoms with van der Waals surface area (Å²) >= 11 is 0. The van der Waals surface area contributed by atoms with Gasteiger partial charge in [-0.2, -0.15) is 4.31 Å². The SMILES string of the molecule is CC(=O)c1ccc(S(=O)(=O)N2CCC(C(=O)O[C@H](C)C(=O)NCc3ccco3)CC2)cc1. The third-order valence-electron chi connectivity index (χ3n) is 5.36. The normalized spacial score (nSPS) is 16.3. The number of ether oxygens (including phenoxy) is 1. The van der Waals surface area contributed by atoms with Gasteiger partial charge in [0.15, 0.2) is 11.9 Å². The third-order valence-corrected chi connectivity index (χ3v) is 7.28. The first-order chi connectivity index (χ1) is 15.2. The molecule has 0 aliphatic carbocycles. The van der Waals surface area contributed by atoms with Gasteiger partial charge in [0.2, 0.25) is 10.0 Å². The maximum Gasteiger partial charge on any atom is 0.309 e. The van der Waals surface area contributed by atoms with Crippen molar-refractivity contribution in [2.75, 3.05) is 13.1 Å².